The van der Waals surface area contributed by atoms with Gasteiger partial charge in [-0.3, -0.25) is 4.79 Å². The van der Waals surface area contributed by atoms with Gasteiger partial charge < -0.3 is 15.8 Å². The summed E-state index contributed by atoms with van der Waals surface area (Å²) in [5, 5.41) is 3.04. The monoisotopic (exact) mass is 292 g/mol. The summed E-state index contributed by atoms with van der Waals surface area (Å²) < 4.78 is 5.69. The highest BCUT2D eigenvalue weighted by Gasteiger charge is 2.30. The van der Waals surface area contributed by atoms with Gasteiger partial charge in [-0.15, -0.1) is 0 Å². The quantitative estimate of drug-likeness (QED) is 0.812. The van der Waals surface area contributed by atoms with Gasteiger partial charge in [0.1, 0.15) is 5.75 Å². The fraction of sp³-hybridized carbons (Fsp3) is 0.588. The molecule has 1 rings (SSSR count). The van der Waals surface area contributed by atoms with E-state index in [1.54, 1.807) is 0 Å². The summed E-state index contributed by atoms with van der Waals surface area (Å²) in [4.78, 5) is 12.4. The van der Waals surface area contributed by atoms with Gasteiger partial charge in [0.15, 0.2) is 0 Å². The summed E-state index contributed by atoms with van der Waals surface area (Å²) in [5.74, 6) is 0.816. The Bertz CT molecular complexity index is 468. The van der Waals surface area contributed by atoms with Crippen molar-refractivity contribution >= 4 is 5.91 Å². The predicted molar refractivity (Wildman–Crippen MR) is 86.2 cm³/mol. The molecule has 0 aliphatic rings. The van der Waals surface area contributed by atoms with Crippen LogP contribution in [-0.4, -0.2) is 18.6 Å². The highest BCUT2D eigenvalue weighted by Crippen LogP contribution is 2.24. The highest BCUT2D eigenvalue weighted by molar-refractivity contribution is 5.82. The van der Waals surface area contributed by atoms with Crippen molar-refractivity contribution in [3.05, 3.63) is 29.8 Å². The van der Waals surface area contributed by atoms with Gasteiger partial charge in [-0.25, -0.2) is 0 Å². The number of amides is 1. The standard InChI is InChI=1S/C17H28N2O2/c1-6-17(5,11-18)16(20)19-13(4)14-8-7-9-15(10-14)21-12(2)3/h7-10,12-13H,6,11,18H2,1-5H3,(H,19,20). The molecule has 4 heteroatoms. The van der Waals surface area contributed by atoms with Crippen LogP contribution in [0.3, 0.4) is 0 Å². The van der Waals surface area contributed by atoms with Crippen LogP contribution in [-0.2, 0) is 4.79 Å². The zero-order valence-electron chi connectivity index (χ0n) is 13.8. The maximum Gasteiger partial charge on any atom is 0.227 e. The number of rotatable bonds is 7. The van der Waals surface area contributed by atoms with Crippen LogP contribution in [0.25, 0.3) is 0 Å². The van der Waals surface area contributed by atoms with Crippen LogP contribution >= 0.6 is 0 Å². The number of ether oxygens (including phenoxy) is 1. The fourth-order valence-electron chi connectivity index (χ4n) is 1.98. The third-order valence-electron chi connectivity index (χ3n) is 3.86. The molecule has 3 N–H and O–H groups in total. The Morgan fingerprint density at radius 2 is 2.05 bits per heavy atom. The highest BCUT2D eigenvalue weighted by atomic mass is 16.5. The van der Waals surface area contributed by atoms with Crippen molar-refractivity contribution in [1.82, 2.24) is 5.32 Å². The average molecular weight is 292 g/mol. The topological polar surface area (TPSA) is 64.4 Å². The van der Waals surface area contributed by atoms with Crippen LogP contribution in [0.4, 0.5) is 0 Å². The van der Waals surface area contributed by atoms with Gasteiger partial charge in [-0.2, -0.15) is 0 Å². The molecule has 2 atom stereocenters. The molecule has 0 fully saturated rings. The molecule has 1 amide bonds. The van der Waals surface area contributed by atoms with E-state index >= 15 is 0 Å². The first-order chi connectivity index (χ1) is 9.82. The average Bonchev–Trinajstić information content (AvgIpc) is 2.45. The molecule has 21 heavy (non-hydrogen) atoms. The van der Waals surface area contributed by atoms with Gasteiger partial charge in [-0.1, -0.05) is 19.1 Å². The summed E-state index contributed by atoms with van der Waals surface area (Å²) in [6.45, 7) is 10.2. The van der Waals surface area contributed by atoms with E-state index in [-0.39, 0.29) is 18.1 Å². The van der Waals surface area contributed by atoms with E-state index in [0.717, 1.165) is 17.7 Å². The van der Waals surface area contributed by atoms with Crippen molar-refractivity contribution in [2.24, 2.45) is 11.1 Å². The summed E-state index contributed by atoms with van der Waals surface area (Å²) in [6.07, 6.45) is 0.851. The number of hydrogen-bond acceptors (Lipinski definition) is 3. The Morgan fingerprint density at radius 3 is 2.57 bits per heavy atom. The van der Waals surface area contributed by atoms with Gasteiger partial charge in [0.2, 0.25) is 5.91 Å². The van der Waals surface area contributed by atoms with Gasteiger partial charge in [-0.05, 0) is 51.8 Å². The lowest BCUT2D eigenvalue weighted by molar-refractivity contribution is -0.130. The van der Waals surface area contributed by atoms with Crippen LogP contribution < -0.4 is 15.8 Å². The van der Waals surface area contributed by atoms with E-state index in [9.17, 15) is 4.79 Å². The fourth-order valence-corrected chi connectivity index (χ4v) is 1.98. The molecule has 4 nitrogen and oxygen atoms in total. The van der Waals surface area contributed by atoms with E-state index in [4.69, 9.17) is 10.5 Å². The van der Waals surface area contributed by atoms with Crippen molar-refractivity contribution in [2.45, 2.75) is 53.2 Å². The first-order valence-corrected chi connectivity index (χ1v) is 7.60. The molecule has 0 saturated heterocycles. The minimum absolute atomic E-state index is 0.00446. The van der Waals surface area contributed by atoms with Gasteiger partial charge >= 0.3 is 0 Å². The van der Waals surface area contributed by atoms with Crippen LogP contribution in [0.2, 0.25) is 0 Å². The largest absolute Gasteiger partial charge is 0.491 e. The van der Waals surface area contributed by atoms with E-state index in [2.05, 4.69) is 5.32 Å². The van der Waals surface area contributed by atoms with Crippen molar-refractivity contribution < 1.29 is 9.53 Å². The van der Waals surface area contributed by atoms with Gasteiger partial charge in [0.05, 0.1) is 17.6 Å². The maximum atomic E-state index is 12.4. The Kier molecular flexibility index (Phi) is 6.21. The summed E-state index contributed by atoms with van der Waals surface area (Å²) in [6, 6.07) is 7.75. The van der Waals surface area contributed by atoms with Crippen molar-refractivity contribution in [3.63, 3.8) is 0 Å². The van der Waals surface area contributed by atoms with Crippen LogP contribution in [0.15, 0.2) is 24.3 Å². The minimum Gasteiger partial charge on any atom is -0.491 e. The Morgan fingerprint density at radius 1 is 1.38 bits per heavy atom. The van der Waals surface area contributed by atoms with Crippen molar-refractivity contribution in [3.8, 4) is 5.75 Å². The first kappa shape index (κ1) is 17.5. The molecule has 0 aliphatic carbocycles. The Balaban J connectivity index is 2.80. The first-order valence-electron chi connectivity index (χ1n) is 7.60. The normalized spacial score (nSPS) is 15.4. The smallest absolute Gasteiger partial charge is 0.227 e. The van der Waals surface area contributed by atoms with Crippen LogP contribution in [0.1, 0.15) is 52.6 Å². The van der Waals surface area contributed by atoms with Crippen LogP contribution in [0.5, 0.6) is 5.75 Å². The third-order valence-corrected chi connectivity index (χ3v) is 3.86. The summed E-state index contributed by atoms with van der Waals surface area (Å²) in [7, 11) is 0. The second kappa shape index (κ2) is 7.46. The summed E-state index contributed by atoms with van der Waals surface area (Å²) in [5.41, 5.74) is 6.24. The maximum absolute atomic E-state index is 12.4. The number of nitrogens with one attached hydrogen (secondary N) is 1. The second-order valence-electron chi connectivity index (χ2n) is 6.05. The molecular formula is C17H28N2O2. The molecule has 118 valence electrons. The lowest BCUT2D eigenvalue weighted by Crippen LogP contribution is -2.44. The van der Waals surface area contributed by atoms with Crippen LogP contribution in [0, 0.1) is 5.41 Å². The molecule has 0 aromatic heterocycles. The Hall–Kier alpha value is -1.55. The molecular weight excluding hydrogens is 264 g/mol. The molecule has 0 saturated carbocycles. The lowest BCUT2D eigenvalue weighted by Gasteiger charge is -2.27. The zero-order chi connectivity index (χ0) is 16.0. The molecule has 1 aromatic rings. The number of nitrogens with two attached hydrogens (primary N) is 1. The van der Waals surface area contributed by atoms with Gasteiger partial charge in [0.25, 0.3) is 0 Å². The molecule has 0 aliphatic heterocycles. The Labute approximate surface area is 128 Å². The van der Waals surface area contributed by atoms with Crippen molar-refractivity contribution in [1.29, 1.82) is 0 Å². The summed E-state index contributed by atoms with van der Waals surface area (Å²) >= 11 is 0. The van der Waals surface area contributed by atoms with Crippen molar-refractivity contribution in [2.75, 3.05) is 6.54 Å². The van der Waals surface area contributed by atoms with E-state index < -0.39 is 5.41 Å². The number of carbonyl (C=O) groups is 1. The SMILES string of the molecule is CCC(C)(CN)C(=O)NC(C)c1cccc(OC(C)C)c1. The third kappa shape index (κ3) is 4.74. The molecule has 0 heterocycles. The predicted octanol–water partition coefficient (Wildman–Crippen LogP) is 3.03. The van der Waals surface area contributed by atoms with Gasteiger partial charge in [0, 0.05) is 6.54 Å². The number of benzene rings is 1. The molecule has 2 unspecified atom stereocenters. The lowest BCUT2D eigenvalue weighted by atomic mass is 9.86. The number of carbonyl (C=O) groups excluding carboxylic acids is 1. The molecule has 0 radical (unpaired) electrons. The molecule has 0 spiro atoms. The van der Waals surface area contributed by atoms with E-state index in [1.165, 1.54) is 0 Å². The zero-order valence-corrected chi connectivity index (χ0v) is 13.8. The number of hydrogen-bond donors (Lipinski definition) is 2. The minimum atomic E-state index is -0.514. The van der Waals surface area contributed by atoms with E-state index in [1.807, 2.05) is 58.9 Å². The van der Waals surface area contributed by atoms with E-state index in [0.29, 0.717) is 6.54 Å². The second-order valence-corrected chi connectivity index (χ2v) is 6.05. The molecule has 0 bridgehead atoms. The molecule has 1 aromatic carbocycles.